The number of halogens is 2. The molecule has 0 spiro atoms. The molecule has 0 bridgehead atoms. The van der Waals surface area contributed by atoms with Gasteiger partial charge in [-0.15, -0.1) is 5.10 Å². The fourth-order valence-corrected chi connectivity index (χ4v) is 4.16. The number of fused-ring (bicyclic) bond motifs is 1. The number of rotatable bonds is 8. The molecule has 2 aromatic carbocycles. The Morgan fingerprint density at radius 1 is 0.854 bits per heavy atom. The van der Waals surface area contributed by atoms with Crippen LogP contribution in [0.1, 0.15) is 16.2 Å². The number of benzene rings is 2. The predicted molar refractivity (Wildman–Crippen MR) is 146 cm³/mol. The lowest BCUT2D eigenvalue weighted by molar-refractivity contribution is 0.101. The Labute approximate surface area is 232 Å². The fraction of sp³-hybridized carbons (Fsp3) is 0.138. The summed E-state index contributed by atoms with van der Waals surface area (Å²) in [5.41, 5.74) is 2.35. The third kappa shape index (κ3) is 5.39. The quantitative estimate of drug-likeness (QED) is 0.254. The minimum Gasteiger partial charge on any atom is -0.493 e. The highest BCUT2D eigenvalue weighted by Crippen LogP contribution is 2.36. The minimum atomic E-state index is -0.748. The fourth-order valence-electron chi connectivity index (χ4n) is 4.16. The van der Waals surface area contributed by atoms with Gasteiger partial charge >= 0.3 is 0 Å². The number of pyridine rings is 2. The Bertz CT molecular complexity index is 1770. The third-order valence-corrected chi connectivity index (χ3v) is 6.09. The zero-order valence-corrected chi connectivity index (χ0v) is 22.4. The Morgan fingerprint density at radius 2 is 1.63 bits per heavy atom. The summed E-state index contributed by atoms with van der Waals surface area (Å²) in [7, 11) is 4.31. The second kappa shape index (κ2) is 11.4. The molecule has 0 aliphatic rings. The van der Waals surface area contributed by atoms with E-state index in [1.54, 1.807) is 25.1 Å². The topological polar surface area (TPSA) is 118 Å². The maximum atomic E-state index is 15.1. The summed E-state index contributed by atoms with van der Waals surface area (Å²) in [6.45, 7) is 1.69. The summed E-state index contributed by atoms with van der Waals surface area (Å²) in [6, 6.07) is 12.8. The molecule has 0 saturated heterocycles. The van der Waals surface area contributed by atoms with Crippen LogP contribution >= 0.6 is 0 Å². The van der Waals surface area contributed by atoms with Gasteiger partial charge in [-0.3, -0.25) is 9.78 Å². The Morgan fingerprint density at radius 3 is 2.32 bits per heavy atom. The first kappa shape index (κ1) is 27.2. The zero-order chi connectivity index (χ0) is 29.1. The van der Waals surface area contributed by atoms with Gasteiger partial charge in [0, 0.05) is 35.6 Å². The number of anilines is 1. The monoisotopic (exact) mass is 559 g/mol. The van der Waals surface area contributed by atoms with Crippen molar-refractivity contribution in [3.05, 3.63) is 83.8 Å². The van der Waals surface area contributed by atoms with Gasteiger partial charge < -0.3 is 24.3 Å². The summed E-state index contributed by atoms with van der Waals surface area (Å²) < 4.78 is 50.4. The number of nitrogens with zero attached hydrogens (tertiary/aromatic N) is 4. The number of hydrogen-bond donors (Lipinski definition) is 1. The number of amides is 1. The summed E-state index contributed by atoms with van der Waals surface area (Å²) in [5, 5.41) is 10.7. The first-order valence-electron chi connectivity index (χ1n) is 12.2. The van der Waals surface area contributed by atoms with Gasteiger partial charge in [-0.1, -0.05) is 12.1 Å². The van der Waals surface area contributed by atoms with Crippen molar-refractivity contribution < 1.29 is 32.5 Å². The highest BCUT2D eigenvalue weighted by molar-refractivity contribution is 6.06. The first-order valence-corrected chi connectivity index (χ1v) is 12.2. The van der Waals surface area contributed by atoms with Gasteiger partial charge in [0.25, 0.3) is 11.8 Å². The molecule has 5 rings (SSSR count). The van der Waals surface area contributed by atoms with Crippen molar-refractivity contribution in [1.82, 2.24) is 20.2 Å². The first-order chi connectivity index (χ1) is 19.8. The van der Waals surface area contributed by atoms with Crippen LogP contribution < -0.4 is 24.3 Å². The molecule has 0 aliphatic carbocycles. The standard InChI is InChI=1S/C29H23F2N5O5/c1-15-24(16-5-7-17(30)8-6-16)27(39-3)26(36-35-15)28(37)33-18-9-10-21(19(31)13-18)41-22-11-12-32-20-14-23(38-2)29(40-4)34-25(20)22/h5-14H,1-4H3,(H,33,37). The van der Waals surface area contributed by atoms with Gasteiger partial charge in [-0.05, 0) is 36.8 Å². The van der Waals surface area contributed by atoms with Crippen molar-refractivity contribution in [2.75, 3.05) is 26.6 Å². The summed E-state index contributed by atoms with van der Waals surface area (Å²) in [6.07, 6.45) is 1.49. The molecule has 0 radical (unpaired) electrons. The van der Waals surface area contributed by atoms with Gasteiger partial charge in [-0.25, -0.2) is 13.8 Å². The number of ether oxygens (including phenoxy) is 4. The lowest BCUT2D eigenvalue weighted by Crippen LogP contribution is -2.17. The molecule has 41 heavy (non-hydrogen) atoms. The van der Waals surface area contributed by atoms with Crippen LogP contribution in [-0.2, 0) is 0 Å². The van der Waals surface area contributed by atoms with E-state index in [1.807, 2.05) is 0 Å². The summed E-state index contributed by atoms with van der Waals surface area (Å²) >= 11 is 0. The van der Waals surface area contributed by atoms with E-state index in [0.717, 1.165) is 6.07 Å². The number of aromatic nitrogens is 4. The molecule has 208 valence electrons. The molecule has 0 fully saturated rings. The van der Waals surface area contributed by atoms with E-state index in [4.69, 9.17) is 18.9 Å². The van der Waals surface area contributed by atoms with Gasteiger partial charge in [-0.2, -0.15) is 5.10 Å². The minimum absolute atomic E-state index is 0.113. The molecule has 1 amide bonds. The predicted octanol–water partition coefficient (Wildman–Crippen LogP) is 5.74. The molecule has 0 saturated carbocycles. The number of carbonyl (C=O) groups excluding carboxylic acids is 1. The summed E-state index contributed by atoms with van der Waals surface area (Å²) in [5.74, 6) is -0.972. The second-order valence-electron chi connectivity index (χ2n) is 8.63. The average molecular weight is 560 g/mol. The van der Waals surface area contributed by atoms with Crippen LogP contribution in [0.4, 0.5) is 14.5 Å². The van der Waals surface area contributed by atoms with Crippen molar-refractivity contribution in [3.63, 3.8) is 0 Å². The highest BCUT2D eigenvalue weighted by atomic mass is 19.1. The van der Waals surface area contributed by atoms with E-state index in [2.05, 4.69) is 25.5 Å². The molecule has 10 nitrogen and oxygen atoms in total. The van der Waals surface area contributed by atoms with E-state index in [0.29, 0.717) is 33.6 Å². The van der Waals surface area contributed by atoms with Crippen LogP contribution in [-0.4, -0.2) is 47.4 Å². The Kier molecular flexibility index (Phi) is 7.55. The van der Waals surface area contributed by atoms with Gasteiger partial charge in [0.2, 0.25) is 0 Å². The maximum Gasteiger partial charge on any atom is 0.280 e. The second-order valence-corrected chi connectivity index (χ2v) is 8.63. The molecule has 0 atom stereocenters. The van der Waals surface area contributed by atoms with Gasteiger partial charge in [0.05, 0.1) is 32.5 Å². The molecule has 5 aromatic rings. The molecule has 0 aliphatic heterocycles. The smallest absolute Gasteiger partial charge is 0.280 e. The Hall–Kier alpha value is -5.39. The molecule has 3 aromatic heterocycles. The average Bonchev–Trinajstić information content (AvgIpc) is 2.98. The van der Waals surface area contributed by atoms with Crippen LogP contribution in [0.3, 0.4) is 0 Å². The van der Waals surface area contributed by atoms with E-state index in [1.165, 1.54) is 57.9 Å². The van der Waals surface area contributed by atoms with Crippen molar-refractivity contribution >= 4 is 22.6 Å². The molecular weight excluding hydrogens is 536 g/mol. The molecular formula is C29H23F2N5O5. The number of carbonyl (C=O) groups is 1. The third-order valence-electron chi connectivity index (χ3n) is 6.09. The largest absolute Gasteiger partial charge is 0.493 e. The zero-order valence-electron chi connectivity index (χ0n) is 22.4. The normalized spacial score (nSPS) is 10.8. The van der Waals surface area contributed by atoms with E-state index in [-0.39, 0.29) is 34.5 Å². The molecule has 1 N–H and O–H groups in total. The number of methoxy groups -OCH3 is 3. The van der Waals surface area contributed by atoms with Crippen LogP contribution in [0.5, 0.6) is 28.9 Å². The van der Waals surface area contributed by atoms with Crippen LogP contribution in [0, 0.1) is 18.6 Å². The van der Waals surface area contributed by atoms with Crippen molar-refractivity contribution in [3.8, 4) is 40.0 Å². The van der Waals surface area contributed by atoms with Gasteiger partial charge in [0.15, 0.2) is 34.5 Å². The maximum absolute atomic E-state index is 15.1. The number of aryl methyl sites for hydroxylation is 1. The van der Waals surface area contributed by atoms with E-state index >= 15 is 4.39 Å². The van der Waals surface area contributed by atoms with Crippen molar-refractivity contribution in [1.29, 1.82) is 0 Å². The lowest BCUT2D eigenvalue weighted by atomic mass is 10.0. The number of hydrogen-bond acceptors (Lipinski definition) is 9. The lowest BCUT2D eigenvalue weighted by Gasteiger charge is -2.15. The SMILES string of the molecule is COc1cc2nccc(Oc3ccc(NC(=O)c4nnc(C)c(-c5ccc(F)cc5)c4OC)cc3F)c2nc1OC. The molecule has 3 heterocycles. The van der Waals surface area contributed by atoms with Crippen LogP contribution in [0.25, 0.3) is 22.2 Å². The van der Waals surface area contributed by atoms with Crippen molar-refractivity contribution in [2.45, 2.75) is 6.92 Å². The van der Waals surface area contributed by atoms with Crippen LogP contribution in [0.15, 0.2) is 60.8 Å². The summed E-state index contributed by atoms with van der Waals surface area (Å²) in [4.78, 5) is 21.8. The highest BCUT2D eigenvalue weighted by Gasteiger charge is 2.23. The van der Waals surface area contributed by atoms with Gasteiger partial charge in [0.1, 0.15) is 11.3 Å². The molecule has 12 heteroatoms. The van der Waals surface area contributed by atoms with E-state index in [9.17, 15) is 9.18 Å². The van der Waals surface area contributed by atoms with E-state index < -0.39 is 17.5 Å². The van der Waals surface area contributed by atoms with Crippen LogP contribution in [0.2, 0.25) is 0 Å². The Balaban J connectivity index is 1.41. The number of nitrogens with one attached hydrogen (secondary N) is 1. The molecule has 0 unspecified atom stereocenters. The van der Waals surface area contributed by atoms with Crippen molar-refractivity contribution in [2.24, 2.45) is 0 Å².